The monoisotopic (exact) mass is 138 g/mol. The third-order valence-corrected chi connectivity index (χ3v) is 2.41. The van der Waals surface area contributed by atoms with Crippen molar-refractivity contribution < 1.29 is 5.21 Å². The summed E-state index contributed by atoms with van der Waals surface area (Å²) < 4.78 is 0. The Bertz CT molecular complexity index is 210. The molecule has 1 fully saturated rings. The van der Waals surface area contributed by atoms with Crippen LogP contribution in [0.5, 0.6) is 0 Å². The van der Waals surface area contributed by atoms with E-state index >= 15 is 0 Å². The molecule has 0 aromatic carbocycles. The maximum atomic E-state index is 8.53. The largest absolute Gasteiger partial charge is 0.411 e. The van der Waals surface area contributed by atoms with E-state index in [0.717, 1.165) is 12.1 Å². The Morgan fingerprint density at radius 1 is 1.60 bits per heavy atom. The van der Waals surface area contributed by atoms with Crippen LogP contribution in [0.4, 0.5) is 0 Å². The molecule has 2 aliphatic carbocycles. The van der Waals surface area contributed by atoms with Gasteiger partial charge in [0.2, 0.25) is 0 Å². The molecule has 3 unspecified atom stereocenters. The SMILES string of the molecule is NC1C(=NO)C2C=CC1C2. The summed E-state index contributed by atoms with van der Waals surface area (Å²) in [5.41, 5.74) is 6.49. The normalized spacial score (nSPS) is 47.3. The summed E-state index contributed by atoms with van der Waals surface area (Å²) in [5, 5.41) is 11.7. The highest BCUT2D eigenvalue weighted by atomic mass is 16.4. The molecule has 3 atom stereocenters. The van der Waals surface area contributed by atoms with Crippen molar-refractivity contribution >= 4 is 5.71 Å². The number of rotatable bonds is 0. The van der Waals surface area contributed by atoms with E-state index in [1.54, 1.807) is 0 Å². The molecule has 0 aliphatic heterocycles. The van der Waals surface area contributed by atoms with Crippen molar-refractivity contribution in [1.29, 1.82) is 0 Å². The van der Waals surface area contributed by atoms with Crippen molar-refractivity contribution in [2.75, 3.05) is 0 Å². The summed E-state index contributed by atoms with van der Waals surface area (Å²) in [5.74, 6) is 0.751. The first kappa shape index (κ1) is 5.92. The molecule has 0 aromatic rings. The van der Waals surface area contributed by atoms with E-state index in [9.17, 15) is 0 Å². The van der Waals surface area contributed by atoms with Crippen LogP contribution in [-0.2, 0) is 0 Å². The van der Waals surface area contributed by atoms with Gasteiger partial charge in [0.15, 0.2) is 0 Å². The Labute approximate surface area is 59.2 Å². The second kappa shape index (κ2) is 1.83. The molecule has 2 aliphatic rings. The summed E-state index contributed by atoms with van der Waals surface area (Å²) >= 11 is 0. The fourth-order valence-electron chi connectivity index (χ4n) is 1.82. The average molecular weight is 138 g/mol. The minimum atomic E-state index is -0.0278. The van der Waals surface area contributed by atoms with Gasteiger partial charge in [-0.3, -0.25) is 0 Å². The summed E-state index contributed by atoms with van der Waals surface area (Å²) in [6.45, 7) is 0. The third-order valence-electron chi connectivity index (χ3n) is 2.41. The van der Waals surface area contributed by atoms with Crippen LogP contribution in [0.3, 0.4) is 0 Å². The second-order valence-corrected chi connectivity index (χ2v) is 2.94. The molecule has 54 valence electrons. The molecule has 0 amide bonds. The maximum absolute atomic E-state index is 8.53. The predicted octanol–water partition coefficient (Wildman–Crippen LogP) is 0.350. The van der Waals surface area contributed by atoms with Gasteiger partial charge in [-0.1, -0.05) is 17.3 Å². The molecule has 0 radical (unpaired) electrons. The fraction of sp³-hybridized carbons (Fsp3) is 0.571. The highest BCUT2D eigenvalue weighted by Gasteiger charge is 2.39. The molecule has 10 heavy (non-hydrogen) atoms. The zero-order valence-corrected chi connectivity index (χ0v) is 5.57. The van der Waals surface area contributed by atoms with Crippen molar-refractivity contribution in [3.63, 3.8) is 0 Å². The van der Waals surface area contributed by atoms with E-state index in [1.807, 2.05) is 0 Å². The fourth-order valence-corrected chi connectivity index (χ4v) is 1.82. The highest BCUT2D eigenvalue weighted by molar-refractivity contribution is 5.96. The van der Waals surface area contributed by atoms with E-state index in [2.05, 4.69) is 17.3 Å². The second-order valence-electron chi connectivity index (χ2n) is 2.94. The average Bonchev–Trinajstić information content (AvgIpc) is 2.46. The molecular weight excluding hydrogens is 128 g/mol. The van der Waals surface area contributed by atoms with Crippen molar-refractivity contribution in [2.24, 2.45) is 22.7 Å². The number of nitrogens with zero attached hydrogens (tertiary/aromatic N) is 1. The molecule has 3 nitrogen and oxygen atoms in total. The number of oxime groups is 1. The van der Waals surface area contributed by atoms with Crippen LogP contribution in [-0.4, -0.2) is 17.0 Å². The van der Waals surface area contributed by atoms with Gasteiger partial charge in [0.1, 0.15) is 0 Å². The number of fused-ring (bicyclic) bond motifs is 2. The van der Waals surface area contributed by atoms with Gasteiger partial charge < -0.3 is 10.9 Å². The number of allylic oxidation sites excluding steroid dienone is 1. The molecule has 0 spiro atoms. The van der Waals surface area contributed by atoms with Gasteiger partial charge in [-0.2, -0.15) is 0 Å². The molecule has 1 saturated carbocycles. The minimum absolute atomic E-state index is 0.0278. The zero-order chi connectivity index (χ0) is 7.14. The smallest absolute Gasteiger partial charge is 0.0812 e. The quantitative estimate of drug-likeness (QED) is 0.288. The van der Waals surface area contributed by atoms with Gasteiger partial charge >= 0.3 is 0 Å². The van der Waals surface area contributed by atoms with Gasteiger partial charge in [0.05, 0.1) is 11.8 Å². The molecule has 2 bridgehead atoms. The van der Waals surface area contributed by atoms with Crippen molar-refractivity contribution in [3.05, 3.63) is 12.2 Å². The van der Waals surface area contributed by atoms with Gasteiger partial charge in [-0.15, -0.1) is 0 Å². The number of hydrogen-bond acceptors (Lipinski definition) is 3. The first-order valence-corrected chi connectivity index (χ1v) is 3.48. The molecule has 3 N–H and O–H groups in total. The minimum Gasteiger partial charge on any atom is -0.411 e. The van der Waals surface area contributed by atoms with Crippen LogP contribution in [0.1, 0.15) is 6.42 Å². The molecule has 0 saturated heterocycles. The summed E-state index contributed by atoms with van der Waals surface area (Å²) in [6.07, 6.45) is 5.23. The number of hydrogen-bond donors (Lipinski definition) is 2. The van der Waals surface area contributed by atoms with Crippen LogP contribution >= 0.6 is 0 Å². The highest BCUT2D eigenvalue weighted by Crippen LogP contribution is 2.35. The van der Waals surface area contributed by atoms with Crippen molar-refractivity contribution in [3.8, 4) is 0 Å². The van der Waals surface area contributed by atoms with Crippen LogP contribution in [0, 0.1) is 11.8 Å². The van der Waals surface area contributed by atoms with E-state index in [4.69, 9.17) is 10.9 Å². The Balaban J connectivity index is 2.34. The summed E-state index contributed by atoms with van der Waals surface area (Å²) in [4.78, 5) is 0. The lowest BCUT2D eigenvalue weighted by molar-refractivity contribution is 0.315. The molecule has 0 heterocycles. The van der Waals surface area contributed by atoms with E-state index < -0.39 is 0 Å². The van der Waals surface area contributed by atoms with Crippen molar-refractivity contribution in [1.82, 2.24) is 0 Å². The Morgan fingerprint density at radius 2 is 2.40 bits per heavy atom. The van der Waals surface area contributed by atoms with Crippen LogP contribution in [0.25, 0.3) is 0 Å². The van der Waals surface area contributed by atoms with E-state index in [0.29, 0.717) is 11.8 Å². The van der Waals surface area contributed by atoms with Gasteiger partial charge in [0, 0.05) is 5.92 Å². The van der Waals surface area contributed by atoms with Gasteiger partial charge in [-0.05, 0) is 12.3 Å². The zero-order valence-electron chi connectivity index (χ0n) is 5.57. The van der Waals surface area contributed by atoms with Crippen LogP contribution in [0.15, 0.2) is 17.3 Å². The lowest BCUT2D eigenvalue weighted by Crippen LogP contribution is -2.33. The molecular formula is C7H10N2O. The Morgan fingerprint density at radius 3 is 2.80 bits per heavy atom. The molecule has 3 heteroatoms. The third kappa shape index (κ3) is 0.555. The Kier molecular flexibility index (Phi) is 1.08. The van der Waals surface area contributed by atoms with Gasteiger partial charge in [0.25, 0.3) is 0 Å². The van der Waals surface area contributed by atoms with E-state index in [-0.39, 0.29) is 6.04 Å². The topological polar surface area (TPSA) is 58.6 Å². The van der Waals surface area contributed by atoms with Crippen LogP contribution < -0.4 is 5.73 Å². The first-order valence-electron chi connectivity index (χ1n) is 3.48. The maximum Gasteiger partial charge on any atom is 0.0812 e. The lowest BCUT2D eigenvalue weighted by atomic mass is 10.0. The number of nitrogens with two attached hydrogens (primary N) is 1. The lowest BCUT2D eigenvalue weighted by Gasteiger charge is -2.12. The first-order chi connectivity index (χ1) is 4.83. The molecule has 2 rings (SSSR count). The summed E-state index contributed by atoms with van der Waals surface area (Å²) in [7, 11) is 0. The molecule has 0 aromatic heterocycles. The van der Waals surface area contributed by atoms with Crippen molar-refractivity contribution in [2.45, 2.75) is 12.5 Å². The van der Waals surface area contributed by atoms with Crippen LogP contribution in [0.2, 0.25) is 0 Å². The standard InChI is InChI=1S/C7H10N2O/c8-6-4-1-2-5(3-4)7(6)9-10/h1-2,4-6,10H,3,8H2. The Hall–Kier alpha value is -0.830. The summed E-state index contributed by atoms with van der Waals surface area (Å²) in [6, 6.07) is -0.0278. The van der Waals surface area contributed by atoms with E-state index in [1.165, 1.54) is 0 Å². The predicted molar refractivity (Wildman–Crippen MR) is 37.9 cm³/mol. The van der Waals surface area contributed by atoms with Gasteiger partial charge in [-0.25, -0.2) is 0 Å².